The van der Waals surface area contributed by atoms with Crippen molar-refractivity contribution >= 4 is 10.0 Å². The summed E-state index contributed by atoms with van der Waals surface area (Å²) in [6.07, 6.45) is -0.387. The van der Waals surface area contributed by atoms with Crippen LogP contribution in [0.4, 0.5) is 13.2 Å². The SMILES string of the molecule is O=S(=O)(Cc1ccon1)N(CCC(F)(F)F)C1CCCCC1. The van der Waals surface area contributed by atoms with E-state index in [0.717, 1.165) is 23.6 Å². The van der Waals surface area contributed by atoms with Gasteiger partial charge < -0.3 is 4.52 Å². The molecule has 0 atom stereocenters. The summed E-state index contributed by atoms with van der Waals surface area (Å²) >= 11 is 0. The zero-order valence-corrected chi connectivity index (χ0v) is 12.9. The highest BCUT2D eigenvalue weighted by Gasteiger charge is 2.36. The number of hydrogen-bond donors (Lipinski definition) is 0. The van der Waals surface area contributed by atoms with Gasteiger partial charge in [0.1, 0.15) is 12.0 Å². The first-order chi connectivity index (χ1) is 10.3. The van der Waals surface area contributed by atoms with Crippen LogP contribution in [0, 0.1) is 0 Å². The zero-order chi connectivity index (χ0) is 16.2. The van der Waals surface area contributed by atoms with E-state index in [-0.39, 0.29) is 11.7 Å². The Morgan fingerprint density at radius 3 is 2.50 bits per heavy atom. The predicted octanol–water partition coefficient (Wildman–Crippen LogP) is 3.09. The van der Waals surface area contributed by atoms with Gasteiger partial charge in [0.2, 0.25) is 10.0 Å². The minimum atomic E-state index is -4.38. The van der Waals surface area contributed by atoms with Crippen LogP contribution in [0.5, 0.6) is 0 Å². The third kappa shape index (κ3) is 4.98. The molecule has 5 nitrogen and oxygen atoms in total. The summed E-state index contributed by atoms with van der Waals surface area (Å²) in [5, 5.41) is 3.53. The predicted molar refractivity (Wildman–Crippen MR) is 73.4 cm³/mol. The molecule has 1 fully saturated rings. The van der Waals surface area contributed by atoms with Gasteiger partial charge in [0.05, 0.1) is 12.1 Å². The average Bonchev–Trinajstić information content (AvgIpc) is 2.90. The van der Waals surface area contributed by atoms with Crippen LogP contribution in [-0.2, 0) is 15.8 Å². The van der Waals surface area contributed by atoms with Gasteiger partial charge in [0, 0.05) is 18.7 Å². The lowest BCUT2D eigenvalue weighted by Gasteiger charge is -2.33. The maximum absolute atomic E-state index is 12.5. The van der Waals surface area contributed by atoms with Crippen molar-refractivity contribution in [2.45, 2.75) is 56.5 Å². The smallest absolute Gasteiger partial charge is 0.364 e. The van der Waals surface area contributed by atoms with Gasteiger partial charge in [-0.05, 0) is 12.8 Å². The van der Waals surface area contributed by atoms with Crippen LogP contribution in [0.15, 0.2) is 16.9 Å². The van der Waals surface area contributed by atoms with Crippen molar-refractivity contribution in [3.05, 3.63) is 18.0 Å². The highest BCUT2D eigenvalue weighted by molar-refractivity contribution is 7.88. The van der Waals surface area contributed by atoms with Gasteiger partial charge in [-0.25, -0.2) is 8.42 Å². The fourth-order valence-corrected chi connectivity index (χ4v) is 4.46. The molecule has 0 spiro atoms. The fourth-order valence-electron chi connectivity index (χ4n) is 2.74. The quantitative estimate of drug-likeness (QED) is 0.798. The number of aromatic nitrogens is 1. The number of nitrogens with zero attached hydrogens (tertiary/aromatic N) is 2. The number of hydrogen-bond acceptors (Lipinski definition) is 4. The summed E-state index contributed by atoms with van der Waals surface area (Å²) in [5.41, 5.74) is 0.202. The van der Waals surface area contributed by atoms with E-state index in [0.29, 0.717) is 12.8 Å². The summed E-state index contributed by atoms with van der Waals surface area (Å²) in [5.74, 6) is -0.433. The standard InChI is InChI=1S/C13H19F3N2O3S/c14-13(15,16)7-8-18(12-4-2-1-3-5-12)22(19,20)10-11-6-9-21-17-11/h6,9,12H,1-5,7-8,10H2. The lowest BCUT2D eigenvalue weighted by molar-refractivity contribution is -0.136. The van der Waals surface area contributed by atoms with Crippen LogP contribution in [-0.4, -0.2) is 36.6 Å². The molecule has 0 aromatic carbocycles. The third-order valence-corrected chi connectivity index (χ3v) is 5.63. The second-order valence-electron chi connectivity index (χ2n) is 5.51. The summed E-state index contributed by atoms with van der Waals surface area (Å²) in [6.45, 7) is -0.533. The molecule has 1 aromatic heterocycles. The maximum atomic E-state index is 12.5. The molecular weight excluding hydrogens is 321 g/mol. The number of sulfonamides is 1. The van der Waals surface area contributed by atoms with Gasteiger partial charge in [0.15, 0.2) is 0 Å². The Hall–Kier alpha value is -1.09. The van der Waals surface area contributed by atoms with E-state index in [1.54, 1.807) is 0 Å². The van der Waals surface area contributed by atoms with Crippen LogP contribution in [0.1, 0.15) is 44.2 Å². The second-order valence-corrected chi connectivity index (χ2v) is 7.44. The van der Waals surface area contributed by atoms with E-state index in [9.17, 15) is 21.6 Å². The highest BCUT2D eigenvalue weighted by atomic mass is 32.2. The normalized spacial score (nSPS) is 18.0. The molecule has 1 heterocycles. The molecule has 1 saturated carbocycles. The molecule has 1 aliphatic rings. The van der Waals surface area contributed by atoms with E-state index >= 15 is 0 Å². The van der Waals surface area contributed by atoms with E-state index < -0.39 is 34.9 Å². The highest BCUT2D eigenvalue weighted by Crippen LogP contribution is 2.28. The Morgan fingerprint density at radius 1 is 1.27 bits per heavy atom. The third-order valence-electron chi connectivity index (χ3n) is 3.78. The molecule has 2 rings (SSSR count). The second kappa shape index (κ2) is 6.99. The van der Waals surface area contributed by atoms with Crippen LogP contribution in [0.2, 0.25) is 0 Å². The molecule has 0 N–H and O–H groups in total. The Balaban J connectivity index is 2.14. The Labute approximate surface area is 127 Å². The summed E-state index contributed by atoms with van der Waals surface area (Å²) in [7, 11) is -3.86. The summed E-state index contributed by atoms with van der Waals surface area (Å²) in [6, 6.07) is 1.05. The van der Waals surface area contributed by atoms with Gasteiger partial charge in [-0.3, -0.25) is 0 Å². The minimum absolute atomic E-state index is 0.202. The molecule has 0 unspecified atom stereocenters. The van der Waals surface area contributed by atoms with Gasteiger partial charge in [-0.15, -0.1) is 0 Å². The first-order valence-electron chi connectivity index (χ1n) is 7.23. The van der Waals surface area contributed by atoms with Crippen molar-refractivity contribution in [3.8, 4) is 0 Å². The van der Waals surface area contributed by atoms with E-state index in [1.165, 1.54) is 12.3 Å². The van der Waals surface area contributed by atoms with E-state index in [1.807, 2.05) is 0 Å². The van der Waals surface area contributed by atoms with Crippen molar-refractivity contribution in [3.63, 3.8) is 0 Å². The number of rotatable bonds is 6. The molecule has 126 valence electrons. The summed E-state index contributed by atoms with van der Waals surface area (Å²) in [4.78, 5) is 0. The molecule has 22 heavy (non-hydrogen) atoms. The average molecular weight is 340 g/mol. The van der Waals surface area contributed by atoms with Crippen molar-refractivity contribution in [2.24, 2.45) is 0 Å². The van der Waals surface area contributed by atoms with Crippen molar-refractivity contribution in [1.29, 1.82) is 0 Å². The Morgan fingerprint density at radius 2 is 1.95 bits per heavy atom. The van der Waals surface area contributed by atoms with Gasteiger partial charge >= 0.3 is 6.18 Å². The molecule has 0 amide bonds. The fraction of sp³-hybridized carbons (Fsp3) is 0.769. The Kier molecular flexibility index (Phi) is 5.49. The van der Waals surface area contributed by atoms with Crippen LogP contribution in [0.25, 0.3) is 0 Å². The monoisotopic (exact) mass is 340 g/mol. The molecule has 1 aliphatic carbocycles. The van der Waals surface area contributed by atoms with Crippen molar-refractivity contribution in [1.82, 2.24) is 9.46 Å². The maximum Gasteiger partial charge on any atom is 0.390 e. The molecule has 0 bridgehead atoms. The number of alkyl halides is 3. The lowest BCUT2D eigenvalue weighted by Crippen LogP contribution is -2.43. The van der Waals surface area contributed by atoms with Crippen LogP contribution in [0.3, 0.4) is 0 Å². The van der Waals surface area contributed by atoms with Crippen LogP contribution >= 0.6 is 0 Å². The molecule has 0 aliphatic heterocycles. The van der Waals surface area contributed by atoms with E-state index in [2.05, 4.69) is 9.68 Å². The summed E-state index contributed by atoms with van der Waals surface area (Å²) < 4.78 is 68.1. The Bertz CT molecular complexity index is 552. The minimum Gasteiger partial charge on any atom is -0.364 e. The van der Waals surface area contributed by atoms with Gasteiger partial charge in [-0.1, -0.05) is 24.4 Å². The first kappa shape index (κ1) is 17.3. The van der Waals surface area contributed by atoms with Gasteiger partial charge in [-0.2, -0.15) is 17.5 Å². The van der Waals surface area contributed by atoms with Crippen molar-refractivity contribution < 1.29 is 26.1 Å². The largest absolute Gasteiger partial charge is 0.390 e. The lowest BCUT2D eigenvalue weighted by atomic mass is 9.95. The molecule has 0 saturated heterocycles. The van der Waals surface area contributed by atoms with E-state index in [4.69, 9.17) is 0 Å². The molecule has 9 heteroatoms. The van der Waals surface area contributed by atoms with Crippen molar-refractivity contribution in [2.75, 3.05) is 6.54 Å². The number of halogens is 3. The molecule has 1 aromatic rings. The van der Waals surface area contributed by atoms with Gasteiger partial charge in [0.25, 0.3) is 0 Å². The molecule has 0 radical (unpaired) electrons. The first-order valence-corrected chi connectivity index (χ1v) is 8.84. The van der Waals surface area contributed by atoms with Crippen LogP contribution < -0.4 is 0 Å². The molecular formula is C13H19F3N2O3S. The topological polar surface area (TPSA) is 63.4 Å². The zero-order valence-electron chi connectivity index (χ0n) is 12.1.